The van der Waals surface area contributed by atoms with Crippen LogP contribution < -0.4 is 0 Å². The van der Waals surface area contributed by atoms with Crippen molar-refractivity contribution in [2.24, 2.45) is 5.41 Å². The molecule has 2 fully saturated rings. The number of rotatable bonds is 1. The second kappa shape index (κ2) is 2.89. The van der Waals surface area contributed by atoms with Crippen molar-refractivity contribution in [2.45, 2.75) is 57.7 Å². The summed E-state index contributed by atoms with van der Waals surface area (Å²) in [5.41, 5.74) is -0.300. The Balaban J connectivity index is 2.10. The highest BCUT2D eigenvalue weighted by Gasteiger charge is 2.79. The molecule has 1 saturated carbocycles. The minimum absolute atomic E-state index is 0.0224. The van der Waals surface area contributed by atoms with Crippen LogP contribution in [0.5, 0.6) is 0 Å². The zero-order valence-corrected chi connectivity index (χ0v) is 10.6. The van der Waals surface area contributed by atoms with Crippen LogP contribution in [0, 0.1) is 5.41 Å². The Morgan fingerprint density at radius 2 is 1.94 bits per heavy atom. The lowest BCUT2D eigenvalue weighted by atomic mass is 9.57. The quantitative estimate of drug-likeness (QED) is 0.653. The molecular weight excluding hydrogens is 216 g/mol. The van der Waals surface area contributed by atoms with Crippen molar-refractivity contribution in [3.63, 3.8) is 0 Å². The first-order valence-corrected chi connectivity index (χ1v) is 6.31. The zero-order chi connectivity index (χ0) is 12.5. The first-order valence-electron chi connectivity index (χ1n) is 6.31. The van der Waals surface area contributed by atoms with E-state index in [0.717, 1.165) is 24.8 Å². The number of carbonyl (C=O) groups is 2. The topological polar surface area (TPSA) is 46.7 Å². The summed E-state index contributed by atoms with van der Waals surface area (Å²) in [5.74, 6) is 0.299. The van der Waals surface area contributed by atoms with Gasteiger partial charge in [0.15, 0.2) is 17.2 Å². The van der Waals surface area contributed by atoms with Crippen LogP contribution >= 0.6 is 0 Å². The summed E-state index contributed by atoms with van der Waals surface area (Å²) < 4.78 is 5.87. The van der Waals surface area contributed by atoms with Gasteiger partial charge in [0.25, 0.3) is 0 Å². The molecule has 1 saturated heterocycles. The number of allylic oxidation sites excluding steroid dienone is 1. The molecule has 3 rings (SSSR count). The van der Waals surface area contributed by atoms with Crippen molar-refractivity contribution in [3.8, 4) is 0 Å². The number of ether oxygens (including phenoxy) is 1. The molecule has 0 amide bonds. The van der Waals surface area contributed by atoms with Crippen LogP contribution in [0.3, 0.4) is 0 Å². The van der Waals surface area contributed by atoms with Crippen molar-refractivity contribution in [3.05, 3.63) is 11.6 Å². The predicted molar refractivity (Wildman–Crippen MR) is 62.6 cm³/mol. The Kier molecular flexibility index (Phi) is 1.89. The van der Waals surface area contributed by atoms with Gasteiger partial charge in [0.05, 0.1) is 0 Å². The molecule has 0 radical (unpaired) electrons. The molecule has 92 valence electrons. The number of Topliss-reactive ketones (excluding diaryl/α,β-unsaturated/α-hetero) is 2. The lowest BCUT2D eigenvalue weighted by Crippen LogP contribution is -2.49. The lowest BCUT2D eigenvalue weighted by Gasteiger charge is -2.42. The van der Waals surface area contributed by atoms with Crippen LogP contribution in [0.2, 0.25) is 0 Å². The Bertz CT molecular complexity index is 464. The largest absolute Gasteiger partial charge is 0.349 e. The molecule has 1 aliphatic heterocycles. The summed E-state index contributed by atoms with van der Waals surface area (Å²) in [4.78, 5) is 23.5. The molecule has 0 bridgehead atoms. The lowest BCUT2D eigenvalue weighted by molar-refractivity contribution is -0.125. The van der Waals surface area contributed by atoms with Crippen molar-refractivity contribution >= 4 is 11.6 Å². The third-order valence-electron chi connectivity index (χ3n) is 5.14. The summed E-state index contributed by atoms with van der Waals surface area (Å²) in [6, 6.07) is 0. The SMILES string of the molecule is CC(=O)C1=C[C@@]23O[C@]2(C)C(=O)CC[C@]3(C)CC1. The second-order valence-corrected chi connectivity index (χ2v) is 6.08. The molecule has 3 heteroatoms. The second-order valence-electron chi connectivity index (χ2n) is 6.08. The van der Waals surface area contributed by atoms with Crippen molar-refractivity contribution in [1.82, 2.24) is 0 Å². The first kappa shape index (κ1) is 11.1. The van der Waals surface area contributed by atoms with Crippen LogP contribution in [-0.2, 0) is 14.3 Å². The Hall–Kier alpha value is -0.960. The third kappa shape index (κ3) is 1.11. The summed E-state index contributed by atoms with van der Waals surface area (Å²) in [5, 5.41) is 0. The van der Waals surface area contributed by atoms with Gasteiger partial charge in [-0.3, -0.25) is 9.59 Å². The number of ketones is 2. The molecule has 0 aromatic carbocycles. The van der Waals surface area contributed by atoms with Gasteiger partial charge < -0.3 is 4.74 Å². The highest BCUT2D eigenvalue weighted by Crippen LogP contribution is 2.68. The van der Waals surface area contributed by atoms with Gasteiger partial charge in [0.1, 0.15) is 5.60 Å². The molecule has 1 heterocycles. The van der Waals surface area contributed by atoms with E-state index in [9.17, 15) is 9.59 Å². The number of epoxide rings is 1. The molecule has 2 aliphatic carbocycles. The van der Waals surface area contributed by atoms with Gasteiger partial charge in [0, 0.05) is 11.8 Å². The molecule has 1 spiro atoms. The molecule has 3 atom stereocenters. The van der Waals surface area contributed by atoms with Crippen LogP contribution in [-0.4, -0.2) is 22.8 Å². The highest BCUT2D eigenvalue weighted by molar-refractivity contribution is 5.97. The van der Waals surface area contributed by atoms with E-state index in [4.69, 9.17) is 4.74 Å². The van der Waals surface area contributed by atoms with E-state index in [1.54, 1.807) is 6.92 Å². The molecular formula is C14H18O3. The third-order valence-corrected chi connectivity index (χ3v) is 5.14. The minimum Gasteiger partial charge on any atom is -0.349 e. The van der Waals surface area contributed by atoms with Crippen LogP contribution in [0.15, 0.2) is 11.6 Å². The summed E-state index contributed by atoms with van der Waals surface area (Å²) in [7, 11) is 0. The minimum atomic E-state index is -0.666. The van der Waals surface area contributed by atoms with Gasteiger partial charge in [-0.2, -0.15) is 0 Å². The molecule has 17 heavy (non-hydrogen) atoms. The number of hydrogen-bond acceptors (Lipinski definition) is 3. The van der Waals surface area contributed by atoms with Gasteiger partial charge in [-0.05, 0) is 44.8 Å². The van der Waals surface area contributed by atoms with Crippen LogP contribution in [0.4, 0.5) is 0 Å². The number of carbonyl (C=O) groups excluding carboxylic acids is 2. The average Bonchev–Trinajstić information content (AvgIpc) is 2.88. The van der Waals surface area contributed by atoms with Gasteiger partial charge in [-0.1, -0.05) is 6.92 Å². The molecule has 0 N–H and O–H groups in total. The van der Waals surface area contributed by atoms with Crippen LogP contribution in [0.25, 0.3) is 0 Å². The van der Waals surface area contributed by atoms with Gasteiger partial charge >= 0.3 is 0 Å². The van der Waals surface area contributed by atoms with E-state index in [0.29, 0.717) is 6.42 Å². The number of hydrogen-bond donors (Lipinski definition) is 0. The van der Waals surface area contributed by atoms with E-state index in [-0.39, 0.29) is 17.0 Å². The maximum Gasteiger partial charge on any atom is 0.167 e. The first-order chi connectivity index (χ1) is 7.85. The van der Waals surface area contributed by atoms with E-state index in [1.807, 2.05) is 13.0 Å². The van der Waals surface area contributed by atoms with E-state index < -0.39 is 11.2 Å². The maximum atomic E-state index is 12.0. The molecule has 3 aliphatic rings. The summed E-state index contributed by atoms with van der Waals surface area (Å²) in [6.07, 6.45) is 5.21. The van der Waals surface area contributed by atoms with E-state index in [2.05, 4.69) is 6.92 Å². The van der Waals surface area contributed by atoms with Crippen LogP contribution in [0.1, 0.15) is 46.5 Å². The molecule has 0 aromatic heterocycles. The Morgan fingerprint density at radius 1 is 1.29 bits per heavy atom. The maximum absolute atomic E-state index is 12.0. The molecule has 0 unspecified atom stereocenters. The Morgan fingerprint density at radius 3 is 2.59 bits per heavy atom. The highest BCUT2D eigenvalue weighted by atomic mass is 16.6. The fourth-order valence-electron chi connectivity index (χ4n) is 3.73. The Labute approximate surface area is 101 Å². The van der Waals surface area contributed by atoms with Gasteiger partial charge in [0.2, 0.25) is 0 Å². The smallest absolute Gasteiger partial charge is 0.167 e. The normalized spacial score (nSPS) is 47.9. The van der Waals surface area contributed by atoms with E-state index in [1.165, 1.54) is 0 Å². The monoisotopic (exact) mass is 234 g/mol. The predicted octanol–water partition coefficient (Wildman–Crippen LogP) is 2.19. The standard InChI is InChI=1S/C14H18O3/c1-9(15)10-4-6-12(2)7-5-11(16)13(3)14(12,8-10)17-13/h8H,4-7H2,1-3H3/t12-,13+,14-/m0/s1. The van der Waals surface area contributed by atoms with Crippen molar-refractivity contribution in [1.29, 1.82) is 0 Å². The fourth-order valence-corrected chi connectivity index (χ4v) is 3.73. The zero-order valence-electron chi connectivity index (χ0n) is 10.6. The van der Waals surface area contributed by atoms with Crippen molar-refractivity contribution in [2.75, 3.05) is 0 Å². The van der Waals surface area contributed by atoms with Gasteiger partial charge in [-0.25, -0.2) is 0 Å². The van der Waals surface area contributed by atoms with E-state index >= 15 is 0 Å². The molecule has 3 nitrogen and oxygen atoms in total. The molecule has 0 aromatic rings. The van der Waals surface area contributed by atoms with Crippen molar-refractivity contribution < 1.29 is 14.3 Å². The fraction of sp³-hybridized carbons (Fsp3) is 0.714. The van der Waals surface area contributed by atoms with Gasteiger partial charge in [-0.15, -0.1) is 0 Å². The summed E-state index contributed by atoms with van der Waals surface area (Å²) >= 11 is 0. The average molecular weight is 234 g/mol. The summed E-state index contributed by atoms with van der Waals surface area (Å²) in [6.45, 7) is 5.67.